The Bertz CT molecular complexity index is 1240. The molecule has 0 nitrogen and oxygen atoms in total. The molecule has 0 heterocycles. The molecular weight excluding hydrogens is 507 g/mol. The van der Waals surface area contributed by atoms with Gasteiger partial charge in [-0.25, -0.2) is 0 Å². The molecule has 0 aliphatic carbocycles. The van der Waals surface area contributed by atoms with Gasteiger partial charge < -0.3 is 0 Å². The lowest BCUT2D eigenvalue weighted by atomic mass is 9.98. The zero-order valence-electron chi connectivity index (χ0n) is 19.5. The van der Waals surface area contributed by atoms with Crippen molar-refractivity contribution >= 4 is 44.7 Å². The second kappa shape index (κ2) is 11.0. The van der Waals surface area contributed by atoms with Crippen LogP contribution in [0, 0.1) is 0 Å². The minimum absolute atomic E-state index is 0.893. The van der Waals surface area contributed by atoms with Crippen LogP contribution in [-0.2, 0) is 0 Å². The van der Waals surface area contributed by atoms with Crippen molar-refractivity contribution in [1.29, 1.82) is 0 Å². The van der Waals surface area contributed by atoms with Gasteiger partial charge in [0.25, 0.3) is 0 Å². The number of benzene rings is 5. The van der Waals surface area contributed by atoms with Crippen LogP contribution >= 0.6 is 23.2 Å². The molecule has 35 heavy (non-hydrogen) atoms. The fraction of sp³-hybridized carbons (Fsp3) is 0.0303. The van der Waals surface area contributed by atoms with Crippen molar-refractivity contribution in [3.05, 3.63) is 167 Å². The average molecular weight is 534 g/mol. The van der Waals surface area contributed by atoms with E-state index in [0.29, 0.717) is 0 Å². The summed E-state index contributed by atoms with van der Waals surface area (Å²) in [5, 5.41) is 4.15. The van der Waals surface area contributed by atoms with Crippen LogP contribution in [0.5, 0.6) is 0 Å². The van der Waals surface area contributed by atoms with Crippen LogP contribution < -0.4 is 15.9 Å². The minimum Gasteiger partial charge on any atom is -0.0622 e. The third-order valence-electron chi connectivity index (χ3n) is 6.36. The molecule has 2 heteroatoms. The van der Waals surface area contributed by atoms with Crippen LogP contribution in [0.2, 0.25) is 0 Å². The highest BCUT2D eigenvalue weighted by Gasteiger charge is 2.46. The smallest absolute Gasteiger partial charge is 0.0622 e. The molecule has 5 aromatic carbocycles. The number of hydrogen-bond acceptors (Lipinski definition) is 0. The monoisotopic (exact) mass is 533 g/mol. The lowest BCUT2D eigenvalue weighted by Crippen LogP contribution is -2.33. The van der Waals surface area contributed by atoms with Gasteiger partial charge in [-0.05, 0) is 47.5 Å². The Hall–Kier alpha value is -3.25. The Labute approximate surface area is 217 Å². The normalized spacial score (nSPS) is 11.1. The van der Waals surface area contributed by atoms with E-state index in [-0.39, 0.29) is 0 Å². The van der Waals surface area contributed by atoms with Crippen LogP contribution in [0.1, 0.15) is 11.1 Å². The SMILES string of the molecule is BrC(C[P+](c1ccccc1)(c1ccccc1)c1ccccc1)=C(c1ccccc1)c1ccccc1. The van der Waals surface area contributed by atoms with Gasteiger partial charge in [-0.15, -0.1) is 0 Å². The van der Waals surface area contributed by atoms with Gasteiger partial charge in [-0.1, -0.05) is 131 Å². The fourth-order valence-electron chi connectivity index (χ4n) is 4.75. The second-order valence-electron chi connectivity index (χ2n) is 8.49. The van der Waals surface area contributed by atoms with E-state index in [1.807, 2.05) is 0 Å². The number of halogens is 1. The van der Waals surface area contributed by atoms with E-state index >= 15 is 0 Å². The molecule has 0 N–H and O–H groups in total. The first-order chi connectivity index (χ1) is 17.3. The van der Waals surface area contributed by atoms with Crippen molar-refractivity contribution in [3.63, 3.8) is 0 Å². The lowest BCUT2D eigenvalue weighted by Gasteiger charge is -2.28. The first kappa shape index (κ1) is 23.5. The fourth-order valence-corrected chi connectivity index (χ4v) is 10.4. The van der Waals surface area contributed by atoms with Gasteiger partial charge in [-0.3, -0.25) is 0 Å². The van der Waals surface area contributed by atoms with Crippen LogP contribution in [0.3, 0.4) is 0 Å². The molecule has 5 rings (SSSR count). The van der Waals surface area contributed by atoms with E-state index in [0.717, 1.165) is 6.16 Å². The summed E-state index contributed by atoms with van der Waals surface area (Å²) >= 11 is 4.15. The van der Waals surface area contributed by atoms with E-state index in [9.17, 15) is 0 Å². The molecule has 0 atom stereocenters. The molecule has 0 saturated heterocycles. The zero-order chi connectivity index (χ0) is 23.9. The van der Waals surface area contributed by atoms with Crippen LogP contribution in [0.25, 0.3) is 5.57 Å². The standard InChI is InChI=1S/C33H27BrP/c34-32(33(27-16-6-1-7-17-27)28-18-8-2-9-19-28)26-35(29-20-10-3-11-21-29,30-22-12-4-13-23-30)31-24-14-5-15-25-31/h1-25H,26H2/q+1. The van der Waals surface area contributed by atoms with Crippen LogP contribution in [0.4, 0.5) is 0 Å². The summed E-state index contributed by atoms with van der Waals surface area (Å²) in [6, 6.07) is 54.6. The second-order valence-corrected chi connectivity index (χ2v) is 12.9. The van der Waals surface area contributed by atoms with Crippen molar-refractivity contribution < 1.29 is 0 Å². The molecule has 0 saturated carbocycles. The van der Waals surface area contributed by atoms with E-state index in [1.54, 1.807) is 0 Å². The first-order valence-corrected chi connectivity index (χ1v) is 14.6. The van der Waals surface area contributed by atoms with Crippen molar-refractivity contribution in [2.24, 2.45) is 0 Å². The predicted octanol–water partition coefficient (Wildman–Crippen LogP) is 7.84. The predicted molar refractivity (Wildman–Crippen MR) is 158 cm³/mol. The largest absolute Gasteiger partial charge is 0.117 e. The number of allylic oxidation sites excluding steroid dienone is 1. The maximum absolute atomic E-state index is 4.15. The summed E-state index contributed by atoms with van der Waals surface area (Å²) in [6.45, 7) is 0. The zero-order valence-corrected chi connectivity index (χ0v) is 21.9. The van der Waals surface area contributed by atoms with Crippen molar-refractivity contribution in [1.82, 2.24) is 0 Å². The first-order valence-electron chi connectivity index (χ1n) is 11.8. The summed E-state index contributed by atoms with van der Waals surface area (Å²) < 4.78 is 1.22. The topological polar surface area (TPSA) is 0 Å². The Morgan fingerprint density at radius 2 is 0.714 bits per heavy atom. The maximum atomic E-state index is 4.15. The molecule has 0 bridgehead atoms. The number of rotatable bonds is 7. The van der Waals surface area contributed by atoms with Crippen molar-refractivity contribution in [2.45, 2.75) is 0 Å². The van der Waals surface area contributed by atoms with Gasteiger partial charge in [0.05, 0.1) is 0 Å². The van der Waals surface area contributed by atoms with Gasteiger partial charge in [0, 0.05) is 10.1 Å². The lowest BCUT2D eigenvalue weighted by molar-refractivity contribution is 1.51. The van der Waals surface area contributed by atoms with Crippen LogP contribution in [0.15, 0.2) is 156 Å². The molecule has 0 amide bonds. The van der Waals surface area contributed by atoms with Gasteiger partial charge >= 0.3 is 0 Å². The van der Waals surface area contributed by atoms with E-state index in [1.165, 1.54) is 37.1 Å². The molecule has 0 fully saturated rings. The molecule has 0 spiro atoms. The summed E-state index contributed by atoms with van der Waals surface area (Å²) in [4.78, 5) is 0. The molecule has 5 aromatic rings. The molecule has 0 unspecified atom stereocenters. The summed E-state index contributed by atoms with van der Waals surface area (Å²) in [7, 11) is -2.01. The van der Waals surface area contributed by atoms with Crippen LogP contribution in [-0.4, -0.2) is 6.16 Å². The summed E-state index contributed by atoms with van der Waals surface area (Å²) in [5.41, 5.74) is 3.69. The number of hydrogen-bond donors (Lipinski definition) is 0. The third kappa shape index (κ3) is 4.94. The molecule has 0 aromatic heterocycles. The van der Waals surface area contributed by atoms with Crippen molar-refractivity contribution in [3.8, 4) is 0 Å². The Morgan fingerprint density at radius 1 is 0.429 bits per heavy atom. The highest BCUT2D eigenvalue weighted by Crippen LogP contribution is 2.58. The Kier molecular flexibility index (Phi) is 7.38. The van der Waals surface area contributed by atoms with E-state index in [4.69, 9.17) is 0 Å². The van der Waals surface area contributed by atoms with Gasteiger partial charge in [0.1, 0.15) is 29.3 Å². The molecule has 0 aliphatic heterocycles. The summed E-state index contributed by atoms with van der Waals surface area (Å²) in [5.74, 6) is 0. The van der Waals surface area contributed by atoms with E-state index in [2.05, 4.69) is 168 Å². The van der Waals surface area contributed by atoms with Gasteiger partial charge in [-0.2, -0.15) is 0 Å². The average Bonchev–Trinajstić information content (AvgIpc) is 2.94. The quantitative estimate of drug-likeness (QED) is 0.187. The van der Waals surface area contributed by atoms with Crippen molar-refractivity contribution in [2.75, 3.05) is 6.16 Å². The van der Waals surface area contributed by atoms with Gasteiger partial charge in [0.2, 0.25) is 0 Å². The highest BCUT2D eigenvalue weighted by atomic mass is 79.9. The molecule has 170 valence electrons. The minimum atomic E-state index is -2.01. The van der Waals surface area contributed by atoms with Gasteiger partial charge in [0.15, 0.2) is 0 Å². The third-order valence-corrected chi connectivity index (χ3v) is 11.8. The molecule has 0 radical (unpaired) electrons. The van der Waals surface area contributed by atoms with E-state index < -0.39 is 7.26 Å². The maximum Gasteiger partial charge on any atom is 0.117 e. The molecular formula is C33H27BrP+. The molecule has 0 aliphatic rings. The highest BCUT2D eigenvalue weighted by molar-refractivity contribution is 9.12. The summed E-state index contributed by atoms with van der Waals surface area (Å²) in [6.07, 6.45) is 0.893. The Morgan fingerprint density at radius 3 is 1.03 bits per heavy atom. The Balaban J connectivity index is 1.80.